The van der Waals surface area contributed by atoms with Gasteiger partial charge in [-0.15, -0.1) is 0 Å². The maximum absolute atomic E-state index is 13.1. The second-order valence-electron chi connectivity index (χ2n) is 6.70. The van der Waals surface area contributed by atoms with E-state index in [0.717, 1.165) is 12.0 Å². The number of carbonyl (C=O) groups is 1. The first-order chi connectivity index (χ1) is 13.5. The van der Waals surface area contributed by atoms with Gasteiger partial charge in [0.05, 0.1) is 17.6 Å². The minimum Gasteiger partial charge on any atom is -0.462 e. The van der Waals surface area contributed by atoms with Crippen molar-refractivity contribution in [1.29, 1.82) is 0 Å². The summed E-state index contributed by atoms with van der Waals surface area (Å²) in [5.41, 5.74) is 3.57. The van der Waals surface area contributed by atoms with Crippen LogP contribution in [0.15, 0.2) is 51.7 Å². The number of esters is 1. The maximum atomic E-state index is 13.1. The lowest BCUT2D eigenvalue weighted by Gasteiger charge is -2.08. The Labute approximate surface area is 164 Å². The molecule has 0 aliphatic heterocycles. The van der Waals surface area contributed by atoms with Crippen molar-refractivity contribution in [2.45, 2.75) is 33.6 Å². The Kier molecular flexibility index (Phi) is 6.09. The zero-order valence-corrected chi connectivity index (χ0v) is 16.5. The molecule has 3 aromatic rings. The lowest BCUT2D eigenvalue weighted by molar-refractivity contribution is 0.0526. The van der Waals surface area contributed by atoms with Crippen LogP contribution in [0.1, 0.15) is 53.1 Å². The van der Waals surface area contributed by atoms with Crippen LogP contribution in [0.5, 0.6) is 0 Å². The summed E-state index contributed by atoms with van der Waals surface area (Å²) < 4.78 is 11.1. The number of rotatable bonds is 6. The first-order valence-corrected chi connectivity index (χ1v) is 9.55. The molecule has 3 rings (SSSR count). The predicted molar refractivity (Wildman–Crippen MR) is 113 cm³/mol. The van der Waals surface area contributed by atoms with Crippen LogP contribution in [0.25, 0.3) is 23.1 Å². The zero-order valence-electron chi connectivity index (χ0n) is 16.5. The molecule has 4 nitrogen and oxygen atoms in total. The molecule has 0 N–H and O–H groups in total. The van der Waals surface area contributed by atoms with Crippen LogP contribution in [0.2, 0.25) is 0 Å². The van der Waals surface area contributed by atoms with Gasteiger partial charge in [0.15, 0.2) is 5.43 Å². The second kappa shape index (κ2) is 8.70. The first-order valence-electron chi connectivity index (χ1n) is 9.55. The average molecular weight is 376 g/mol. The van der Waals surface area contributed by atoms with Gasteiger partial charge < -0.3 is 9.15 Å². The highest BCUT2D eigenvalue weighted by Crippen LogP contribution is 2.21. The smallest absolute Gasteiger partial charge is 0.338 e. The van der Waals surface area contributed by atoms with E-state index >= 15 is 0 Å². The Bertz CT molecular complexity index is 1070. The number of aryl methyl sites for hydroxylation is 1. The summed E-state index contributed by atoms with van der Waals surface area (Å²) >= 11 is 0. The average Bonchev–Trinajstić information content (AvgIpc) is 2.70. The highest BCUT2D eigenvalue weighted by atomic mass is 16.5. The van der Waals surface area contributed by atoms with Crippen molar-refractivity contribution in [2.75, 3.05) is 6.61 Å². The number of ether oxygens (including phenoxy) is 1. The molecule has 0 saturated carbocycles. The molecule has 4 heteroatoms. The van der Waals surface area contributed by atoms with Gasteiger partial charge in [-0.25, -0.2) is 4.79 Å². The molecule has 1 aromatic heterocycles. The van der Waals surface area contributed by atoms with E-state index in [-0.39, 0.29) is 12.0 Å². The number of hydrogen-bond donors (Lipinski definition) is 0. The standard InChI is InChI=1S/C24H24O4/c1-4-6-19-21(13-11-17-9-7-16(3)8-10-17)28-22-14-12-18(24(26)27-5-2)15-20(22)23(19)25/h7-15H,4-6H2,1-3H3/b13-11+. The highest BCUT2D eigenvalue weighted by molar-refractivity contribution is 5.94. The molecule has 0 atom stereocenters. The number of hydrogen-bond acceptors (Lipinski definition) is 4. The Morgan fingerprint density at radius 2 is 1.82 bits per heavy atom. The van der Waals surface area contributed by atoms with E-state index in [1.807, 2.05) is 50.3 Å². The normalized spacial score (nSPS) is 11.2. The first kappa shape index (κ1) is 19.6. The molecule has 0 bridgehead atoms. The second-order valence-corrected chi connectivity index (χ2v) is 6.70. The van der Waals surface area contributed by atoms with Crippen LogP contribution in [0.4, 0.5) is 0 Å². The summed E-state index contributed by atoms with van der Waals surface area (Å²) in [6.07, 6.45) is 5.21. The SMILES string of the molecule is CCCc1c(/C=C/c2ccc(C)cc2)oc2ccc(C(=O)OCC)cc2c1=O. The van der Waals surface area contributed by atoms with Gasteiger partial charge in [-0.3, -0.25) is 4.79 Å². The molecule has 0 amide bonds. The van der Waals surface area contributed by atoms with Crippen molar-refractivity contribution in [2.24, 2.45) is 0 Å². The number of fused-ring (bicyclic) bond motifs is 1. The predicted octanol–water partition coefficient (Wildman–Crippen LogP) is 5.40. The van der Waals surface area contributed by atoms with Gasteiger partial charge in [0.1, 0.15) is 11.3 Å². The molecule has 0 saturated heterocycles. The topological polar surface area (TPSA) is 56.5 Å². The van der Waals surface area contributed by atoms with E-state index in [9.17, 15) is 9.59 Å². The van der Waals surface area contributed by atoms with Crippen molar-refractivity contribution in [3.05, 3.63) is 80.7 Å². The number of benzene rings is 2. The lowest BCUT2D eigenvalue weighted by Crippen LogP contribution is -2.12. The largest absolute Gasteiger partial charge is 0.462 e. The molecule has 0 fully saturated rings. The number of carbonyl (C=O) groups excluding carboxylic acids is 1. The third-order valence-electron chi connectivity index (χ3n) is 4.53. The molecule has 0 aliphatic rings. The van der Waals surface area contributed by atoms with Gasteiger partial charge in [-0.05, 0) is 50.1 Å². The van der Waals surface area contributed by atoms with Gasteiger partial charge in [-0.1, -0.05) is 49.2 Å². The van der Waals surface area contributed by atoms with Crippen molar-refractivity contribution in [1.82, 2.24) is 0 Å². The van der Waals surface area contributed by atoms with Crippen LogP contribution >= 0.6 is 0 Å². The molecule has 0 spiro atoms. The fraction of sp³-hybridized carbons (Fsp3) is 0.250. The molecular weight excluding hydrogens is 352 g/mol. The molecule has 1 heterocycles. The fourth-order valence-corrected chi connectivity index (χ4v) is 3.06. The molecular formula is C24H24O4. The molecule has 2 aromatic carbocycles. The Balaban J connectivity index is 2.08. The Morgan fingerprint density at radius 1 is 1.07 bits per heavy atom. The minimum atomic E-state index is -0.441. The van der Waals surface area contributed by atoms with E-state index in [0.29, 0.717) is 34.3 Å². The minimum absolute atomic E-state index is 0.0993. The van der Waals surface area contributed by atoms with Crippen LogP contribution < -0.4 is 5.43 Å². The van der Waals surface area contributed by atoms with E-state index in [4.69, 9.17) is 9.15 Å². The van der Waals surface area contributed by atoms with Gasteiger partial charge in [0, 0.05) is 5.56 Å². The third-order valence-corrected chi connectivity index (χ3v) is 4.53. The molecule has 28 heavy (non-hydrogen) atoms. The molecule has 144 valence electrons. The highest BCUT2D eigenvalue weighted by Gasteiger charge is 2.15. The Morgan fingerprint density at radius 3 is 2.50 bits per heavy atom. The quantitative estimate of drug-likeness (QED) is 0.541. The van der Waals surface area contributed by atoms with E-state index in [1.165, 1.54) is 5.56 Å². The van der Waals surface area contributed by atoms with Crippen LogP contribution in [0.3, 0.4) is 0 Å². The van der Waals surface area contributed by atoms with Crippen LogP contribution in [0, 0.1) is 6.92 Å². The van der Waals surface area contributed by atoms with Crippen molar-refractivity contribution in [3.8, 4) is 0 Å². The fourth-order valence-electron chi connectivity index (χ4n) is 3.06. The van der Waals surface area contributed by atoms with Crippen molar-refractivity contribution in [3.63, 3.8) is 0 Å². The summed E-state index contributed by atoms with van der Waals surface area (Å²) in [6.45, 7) is 6.10. The summed E-state index contributed by atoms with van der Waals surface area (Å²) in [5, 5.41) is 0.404. The van der Waals surface area contributed by atoms with Crippen molar-refractivity contribution >= 4 is 29.1 Å². The summed E-state index contributed by atoms with van der Waals surface area (Å²) in [6, 6.07) is 13.0. The van der Waals surface area contributed by atoms with E-state index < -0.39 is 5.97 Å². The maximum Gasteiger partial charge on any atom is 0.338 e. The lowest BCUT2D eigenvalue weighted by atomic mass is 10.0. The summed E-state index contributed by atoms with van der Waals surface area (Å²) in [4.78, 5) is 25.1. The molecule has 0 unspecified atom stereocenters. The molecule has 0 radical (unpaired) electrons. The monoisotopic (exact) mass is 376 g/mol. The van der Waals surface area contributed by atoms with E-state index in [2.05, 4.69) is 0 Å². The van der Waals surface area contributed by atoms with E-state index in [1.54, 1.807) is 25.1 Å². The Hall–Kier alpha value is -3.14. The molecule has 0 aliphatic carbocycles. The summed E-state index contributed by atoms with van der Waals surface area (Å²) in [7, 11) is 0. The van der Waals surface area contributed by atoms with Crippen LogP contribution in [-0.2, 0) is 11.2 Å². The van der Waals surface area contributed by atoms with Gasteiger partial charge in [0.25, 0.3) is 0 Å². The zero-order chi connectivity index (χ0) is 20.1. The van der Waals surface area contributed by atoms with Crippen LogP contribution in [-0.4, -0.2) is 12.6 Å². The van der Waals surface area contributed by atoms with Gasteiger partial charge >= 0.3 is 5.97 Å². The van der Waals surface area contributed by atoms with Gasteiger partial charge in [-0.2, -0.15) is 0 Å². The third kappa shape index (κ3) is 4.22. The summed E-state index contributed by atoms with van der Waals surface area (Å²) in [5.74, 6) is 0.119. The van der Waals surface area contributed by atoms with Crippen molar-refractivity contribution < 1.29 is 13.9 Å². The van der Waals surface area contributed by atoms with Gasteiger partial charge in [0.2, 0.25) is 0 Å².